The van der Waals surface area contributed by atoms with Gasteiger partial charge in [-0.15, -0.1) is 11.3 Å². The Labute approximate surface area is 131 Å². The fourth-order valence-corrected chi connectivity index (χ4v) is 3.56. The van der Waals surface area contributed by atoms with Crippen LogP contribution in [0.25, 0.3) is 0 Å². The van der Waals surface area contributed by atoms with Gasteiger partial charge in [0.05, 0.1) is 20.8 Å². The number of nitrogens with two attached hydrogens (primary N) is 1. The van der Waals surface area contributed by atoms with E-state index in [1.54, 1.807) is 0 Å². The van der Waals surface area contributed by atoms with Crippen molar-refractivity contribution in [1.82, 2.24) is 5.43 Å². The lowest BCUT2D eigenvalue weighted by atomic mass is 10.0. The Hall–Kier alpha value is -0.780. The zero-order valence-corrected chi connectivity index (χ0v) is 12.9. The Kier molecular flexibility index (Phi) is 4.19. The lowest BCUT2D eigenvalue weighted by Gasteiger charge is -2.16. The van der Waals surface area contributed by atoms with Crippen LogP contribution in [0, 0.1) is 0 Å². The summed E-state index contributed by atoms with van der Waals surface area (Å²) in [6.45, 7) is 0. The maximum atomic E-state index is 6.19. The number of thiophene rings is 1. The molecule has 0 radical (unpaired) electrons. The predicted molar refractivity (Wildman–Crippen MR) is 83.6 cm³/mol. The molecule has 6 heteroatoms. The Morgan fingerprint density at radius 1 is 1.25 bits per heavy atom. The van der Waals surface area contributed by atoms with Gasteiger partial charge in [-0.2, -0.15) is 0 Å². The molecule has 1 heterocycles. The second-order valence-corrected chi connectivity index (χ2v) is 7.05. The highest BCUT2D eigenvalue weighted by atomic mass is 35.5. The van der Waals surface area contributed by atoms with Crippen molar-refractivity contribution in [3.05, 3.63) is 50.1 Å². The van der Waals surface area contributed by atoms with Gasteiger partial charge in [0.2, 0.25) is 0 Å². The van der Waals surface area contributed by atoms with E-state index in [2.05, 4.69) is 5.43 Å². The van der Waals surface area contributed by atoms with Gasteiger partial charge in [-0.1, -0.05) is 35.3 Å². The molecule has 0 saturated heterocycles. The summed E-state index contributed by atoms with van der Waals surface area (Å²) in [5.41, 5.74) is 4.69. The van der Waals surface area contributed by atoms with Crippen LogP contribution in [0.5, 0.6) is 5.75 Å². The van der Waals surface area contributed by atoms with E-state index >= 15 is 0 Å². The van der Waals surface area contributed by atoms with Crippen molar-refractivity contribution in [1.29, 1.82) is 0 Å². The summed E-state index contributed by atoms with van der Waals surface area (Å²) in [6.07, 6.45) is 2.70. The molecule has 3 nitrogen and oxygen atoms in total. The van der Waals surface area contributed by atoms with Gasteiger partial charge in [-0.05, 0) is 36.6 Å². The Balaban J connectivity index is 1.83. The number of benzene rings is 1. The van der Waals surface area contributed by atoms with Gasteiger partial charge < -0.3 is 4.74 Å². The minimum Gasteiger partial charge on any atom is -0.490 e. The van der Waals surface area contributed by atoms with E-state index in [-0.39, 0.29) is 6.04 Å². The molecule has 0 aliphatic heterocycles. The quantitative estimate of drug-likeness (QED) is 0.640. The topological polar surface area (TPSA) is 47.3 Å². The molecule has 1 atom stereocenters. The molecule has 1 aromatic carbocycles. The molecule has 3 rings (SSSR count). The molecule has 2 aromatic rings. The summed E-state index contributed by atoms with van der Waals surface area (Å²) in [5.74, 6) is 6.56. The molecule has 0 bridgehead atoms. The highest BCUT2D eigenvalue weighted by Crippen LogP contribution is 2.37. The van der Waals surface area contributed by atoms with E-state index in [4.69, 9.17) is 33.8 Å². The zero-order chi connectivity index (χ0) is 14.1. The molecule has 3 N–H and O–H groups in total. The van der Waals surface area contributed by atoms with Gasteiger partial charge in [0.1, 0.15) is 5.75 Å². The SMILES string of the molecule is NNC(c1ccc(OC2CC2)cc1)c1cc(Cl)sc1Cl. The van der Waals surface area contributed by atoms with Crippen molar-refractivity contribution >= 4 is 34.5 Å². The first kappa shape index (κ1) is 14.2. The first-order valence-corrected chi connectivity index (χ1v) is 7.92. The third-order valence-corrected chi connectivity index (χ3v) is 4.72. The molecular weight excluding hydrogens is 315 g/mol. The average Bonchev–Trinajstić information content (AvgIpc) is 3.18. The molecule has 1 unspecified atom stereocenters. The minimum atomic E-state index is -0.179. The fraction of sp³-hybridized carbons (Fsp3) is 0.286. The smallest absolute Gasteiger partial charge is 0.119 e. The summed E-state index contributed by atoms with van der Waals surface area (Å²) in [7, 11) is 0. The number of hydrogen-bond donors (Lipinski definition) is 2. The second-order valence-electron chi connectivity index (χ2n) is 4.77. The van der Waals surface area contributed by atoms with E-state index in [9.17, 15) is 0 Å². The first-order chi connectivity index (χ1) is 9.67. The molecule has 1 aliphatic rings. The van der Waals surface area contributed by atoms with Gasteiger partial charge >= 0.3 is 0 Å². The molecule has 1 aliphatic carbocycles. The summed E-state index contributed by atoms with van der Waals surface area (Å²) >= 11 is 13.5. The van der Waals surface area contributed by atoms with Gasteiger partial charge in [0.25, 0.3) is 0 Å². The largest absolute Gasteiger partial charge is 0.490 e. The van der Waals surface area contributed by atoms with E-state index < -0.39 is 0 Å². The molecule has 1 aromatic heterocycles. The molecule has 0 amide bonds. The van der Waals surface area contributed by atoms with Gasteiger partial charge in [-0.3, -0.25) is 5.84 Å². The monoisotopic (exact) mass is 328 g/mol. The minimum absolute atomic E-state index is 0.179. The molecule has 0 spiro atoms. The van der Waals surface area contributed by atoms with Crippen LogP contribution in [0.2, 0.25) is 8.67 Å². The van der Waals surface area contributed by atoms with Crippen molar-refractivity contribution in [3.8, 4) is 5.75 Å². The molecule has 20 heavy (non-hydrogen) atoms. The Morgan fingerprint density at radius 3 is 2.45 bits per heavy atom. The number of rotatable bonds is 5. The van der Waals surface area contributed by atoms with Crippen LogP contribution in [0.15, 0.2) is 30.3 Å². The number of nitrogens with one attached hydrogen (secondary N) is 1. The fourth-order valence-electron chi connectivity index (χ4n) is 2.03. The van der Waals surface area contributed by atoms with Crippen LogP contribution in [0.4, 0.5) is 0 Å². The van der Waals surface area contributed by atoms with Gasteiger partial charge in [-0.25, -0.2) is 5.43 Å². The zero-order valence-electron chi connectivity index (χ0n) is 10.6. The van der Waals surface area contributed by atoms with E-state index in [1.807, 2.05) is 30.3 Å². The van der Waals surface area contributed by atoms with Crippen molar-refractivity contribution in [2.45, 2.75) is 25.0 Å². The van der Waals surface area contributed by atoms with Crippen molar-refractivity contribution in [3.63, 3.8) is 0 Å². The van der Waals surface area contributed by atoms with Crippen LogP contribution in [-0.2, 0) is 0 Å². The standard InChI is InChI=1S/C14H14Cl2N2OS/c15-12-7-11(14(16)20-12)13(18-17)8-1-3-9(4-2-8)19-10-5-6-10/h1-4,7,10,13,18H,5-6,17H2. The average molecular weight is 329 g/mol. The van der Waals surface area contributed by atoms with E-state index in [0.29, 0.717) is 14.8 Å². The Morgan fingerprint density at radius 2 is 1.95 bits per heavy atom. The van der Waals surface area contributed by atoms with Crippen LogP contribution < -0.4 is 16.0 Å². The highest BCUT2D eigenvalue weighted by molar-refractivity contribution is 7.20. The Bertz CT molecular complexity index is 596. The van der Waals surface area contributed by atoms with E-state index in [1.165, 1.54) is 11.3 Å². The lowest BCUT2D eigenvalue weighted by molar-refractivity contribution is 0.303. The summed E-state index contributed by atoms with van der Waals surface area (Å²) in [4.78, 5) is 0. The highest BCUT2D eigenvalue weighted by Gasteiger charge is 2.24. The van der Waals surface area contributed by atoms with Crippen LogP contribution in [0.1, 0.15) is 30.0 Å². The summed E-state index contributed by atoms with van der Waals surface area (Å²) in [6, 6.07) is 9.56. The van der Waals surface area contributed by atoms with Crippen LogP contribution in [-0.4, -0.2) is 6.10 Å². The molecule has 1 fully saturated rings. The van der Waals surface area contributed by atoms with Gasteiger partial charge in [0.15, 0.2) is 0 Å². The molecular formula is C14H14Cl2N2OS. The lowest BCUT2D eigenvalue weighted by Crippen LogP contribution is -2.28. The van der Waals surface area contributed by atoms with Crippen molar-refractivity contribution in [2.75, 3.05) is 0 Å². The van der Waals surface area contributed by atoms with Crippen molar-refractivity contribution in [2.24, 2.45) is 5.84 Å². The van der Waals surface area contributed by atoms with Crippen molar-refractivity contribution < 1.29 is 4.74 Å². The molecule has 1 saturated carbocycles. The predicted octanol–water partition coefficient (Wildman–Crippen LogP) is 4.15. The third kappa shape index (κ3) is 3.10. The third-order valence-electron chi connectivity index (χ3n) is 3.20. The number of halogens is 2. The van der Waals surface area contributed by atoms with Gasteiger partial charge in [0, 0.05) is 5.56 Å². The van der Waals surface area contributed by atoms with Crippen LogP contribution in [0.3, 0.4) is 0 Å². The number of ether oxygens (including phenoxy) is 1. The first-order valence-electron chi connectivity index (χ1n) is 6.35. The summed E-state index contributed by atoms with van der Waals surface area (Å²) < 4.78 is 7.03. The molecule has 106 valence electrons. The van der Waals surface area contributed by atoms with E-state index in [0.717, 1.165) is 29.7 Å². The second kappa shape index (κ2) is 5.92. The number of hydrazine groups is 1. The maximum Gasteiger partial charge on any atom is 0.119 e. The normalized spacial score (nSPS) is 16.1. The summed E-state index contributed by atoms with van der Waals surface area (Å²) in [5, 5.41) is 0. The van der Waals surface area contributed by atoms with Crippen LogP contribution >= 0.6 is 34.5 Å². The number of hydrogen-bond acceptors (Lipinski definition) is 4. The maximum absolute atomic E-state index is 6.19.